The molecule has 0 spiro atoms. The van der Waals surface area contributed by atoms with E-state index in [0.29, 0.717) is 11.5 Å². The zero-order chi connectivity index (χ0) is 17.2. The first-order chi connectivity index (χ1) is 11.5. The van der Waals surface area contributed by atoms with Gasteiger partial charge in [0.2, 0.25) is 0 Å². The highest BCUT2D eigenvalue weighted by molar-refractivity contribution is 6.32. The Hall–Kier alpha value is -0.490. The summed E-state index contributed by atoms with van der Waals surface area (Å²) in [7, 11) is 0. The van der Waals surface area contributed by atoms with E-state index in [1.165, 1.54) is 12.5 Å². The van der Waals surface area contributed by atoms with Crippen molar-refractivity contribution in [3.8, 4) is 0 Å². The maximum atomic E-state index is 13.3. The number of piperazine rings is 1. The molecule has 1 heterocycles. The molecule has 1 saturated carbocycles. The summed E-state index contributed by atoms with van der Waals surface area (Å²) in [5.74, 6) is 0.387. The lowest BCUT2D eigenvalue weighted by Gasteiger charge is -2.41. The molecule has 142 valence electrons. The van der Waals surface area contributed by atoms with Crippen LogP contribution >= 0.6 is 24.0 Å². The number of alkyl halides is 3. The van der Waals surface area contributed by atoms with Crippen molar-refractivity contribution in [3.63, 3.8) is 0 Å². The van der Waals surface area contributed by atoms with Crippen LogP contribution in [0, 0.1) is 5.92 Å². The normalized spacial score (nSPS) is 21.6. The van der Waals surface area contributed by atoms with Crippen molar-refractivity contribution >= 4 is 24.0 Å². The molecular weight excluding hydrogens is 372 g/mol. The maximum absolute atomic E-state index is 13.3. The fourth-order valence-corrected chi connectivity index (χ4v) is 4.50. The first-order valence-electron chi connectivity index (χ1n) is 8.79. The Morgan fingerprint density at radius 1 is 1.08 bits per heavy atom. The first kappa shape index (κ1) is 20.8. The zero-order valence-electron chi connectivity index (χ0n) is 14.1. The van der Waals surface area contributed by atoms with Gasteiger partial charge in [0.05, 0.1) is 10.6 Å². The summed E-state index contributed by atoms with van der Waals surface area (Å²) in [6, 6.07) is 4.37. The standard InChI is InChI=1S/C18H24ClF3N2.ClH/c19-16-14(7-4-8-15(16)18(20,21)22)17(13-5-2-1-3-6-13)24-11-9-23-10-12-24;/h4,7-8,13,17,23H,1-3,5-6,9-12H2;1H/t17-;/m0./s1. The summed E-state index contributed by atoms with van der Waals surface area (Å²) in [4.78, 5) is 2.33. The minimum atomic E-state index is -4.41. The second-order valence-corrected chi connectivity index (χ2v) is 7.21. The molecule has 1 N–H and O–H groups in total. The number of nitrogens with one attached hydrogen (secondary N) is 1. The van der Waals surface area contributed by atoms with E-state index in [0.717, 1.165) is 57.9 Å². The molecule has 2 aliphatic rings. The summed E-state index contributed by atoms with van der Waals surface area (Å²) in [6.45, 7) is 3.46. The summed E-state index contributed by atoms with van der Waals surface area (Å²) < 4.78 is 39.8. The van der Waals surface area contributed by atoms with Gasteiger partial charge in [-0.2, -0.15) is 13.2 Å². The average molecular weight is 397 g/mol. The van der Waals surface area contributed by atoms with Gasteiger partial charge >= 0.3 is 6.18 Å². The lowest BCUT2D eigenvalue weighted by Crippen LogP contribution is -2.47. The molecule has 1 aromatic carbocycles. The van der Waals surface area contributed by atoms with E-state index in [4.69, 9.17) is 11.6 Å². The Kier molecular flexibility index (Phi) is 7.44. The van der Waals surface area contributed by atoms with Gasteiger partial charge in [0.25, 0.3) is 0 Å². The fraction of sp³-hybridized carbons (Fsp3) is 0.667. The Labute approximate surface area is 158 Å². The Balaban J connectivity index is 0.00000225. The smallest absolute Gasteiger partial charge is 0.314 e. The number of nitrogens with zero attached hydrogens (tertiary/aromatic N) is 1. The third kappa shape index (κ3) is 4.82. The Morgan fingerprint density at radius 2 is 1.72 bits per heavy atom. The van der Waals surface area contributed by atoms with Crippen LogP contribution in [-0.2, 0) is 6.18 Å². The molecule has 0 unspecified atom stereocenters. The van der Waals surface area contributed by atoms with Gasteiger partial charge in [0.15, 0.2) is 0 Å². The van der Waals surface area contributed by atoms with Crippen molar-refractivity contribution in [1.82, 2.24) is 10.2 Å². The van der Waals surface area contributed by atoms with Crippen LogP contribution in [0.2, 0.25) is 5.02 Å². The Bertz CT molecular complexity index is 536. The molecule has 1 aliphatic carbocycles. The van der Waals surface area contributed by atoms with Gasteiger partial charge in [-0.25, -0.2) is 0 Å². The van der Waals surface area contributed by atoms with E-state index in [1.807, 2.05) is 0 Å². The first-order valence-corrected chi connectivity index (χ1v) is 9.16. The number of halogens is 5. The zero-order valence-corrected chi connectivity index (χ0v) is 15.7. The summed E-state index contributed by atoms with van der Waals surface area (Å²) in [6.07, 6.45) is 1.27. The van der Waals surface area contributed by atoms with Crippen LogP contribution in [0.3, 0.4) is 0 Å². The molecule has 0 bridgehead atoms. The average Bonchev–Trinajstić information content (AvgIpc) is 2.58. The molecule has 0 radical (unpaired) electrons. The highest BCUT2D eigenvalue weighted by Gasteiger charge is 2.37. The molecule has 25 heavy (non-hydrogen) atoms. The lowest BCUT2D eigenvalue weighted by molar-refractivity contribution is -0.137. The van der Waals surface area contributed by atoms with Crippen molar-refractivity contribution in [2.75, 3.05) is 26.2 Å². The Morgan fingerprint density at radius 3 is 2.32 bits per heavy atom. The predicted molar refractivity (Wildman–Crippen MR) is 97.5 cm³/mol. The van der Waals surface area contributed by atoms with Crippen LogP contribution in [0.5, 0.6) is 0 Å². The van der Waals surface area contributed by atoms with Crippen molar-refractivity contribution in [3.05, 3.63) is 34.3 Å². The molecule has 0 amide bonds. The maximum Gasteiger partial charge on any atom is 0.417 e. The quantitative estimate of drug-likeness (QED) is 0.744. The molecule has 3 rings (SSSR count). The monoisotopic (exact) mass is 396 g/mol. The molecule has 1 atom stereocenters. The molecule has 1 aliphatic heterocycles. The highest BCUT2D eigenvalue weighted by atomic mass is 35.5. The van der Waals surface area contributed by atoms with Gasteiger partial charge in [-0.1, -0.05) is 43.0 Å². The van der Waals surface area contributed by atoms with Crippen LogP contribution in [0.1, 0.15) is 49.3 Å². The van der Waals surface area contributed by atoms with Gasteiger partial charge in [-0.05, 0) is 30.4 Å². The van der Waals surface area contributed by atoms with Crippen LogP contribution in [0.4, 0.5) is 13.2 Å². The minimum Gasteiger partial charge on any atom is -0.314 e. The molecular formula is C18H25Cl2F3N2. The highest BCUT2D eigenvalue weighted by Crippen LogP contribution is 2.44. The summed E-state index contributed by atoms with van der Waals surface area (Å²) in [5.41, 5.74) is -0.0575. The second kappa shape index (κ2) is 8.94. The largest absolute Gasteiger partial charge is 0.417 e. The van der Waals surface area contributed by atoms with Crippen molar-refractivity contribution in [1.29, 1.82) is 0 Å². The van der Waals surface area contributed by atoms with E-state index in [-0.39, 0.29) is 23.5 Å². The van der Waals surface area contributed by atoms with Gasteiger partial charge in [-0.15, -0.1) is 12.4 Å². The number of hydrogen-bond donors (Lipinski definition) is 1. The van der Waals surface area contributed by atoms with Gasteiger partial charge < -0.3 is 5.32 Å². The molecule has 1 saturated heterocycles. The molecule has 1 aromatic rings. The van der Waals surface area contributed by atoms with E-state index in [1.54, 1.807) is 6.07 Å². The van der Waals surface area contributed by atoms with Crippen LogP contribution < -0.4 is 5.32 Å². The number of rotatable bonds is 3. The molecule has 2 nitrogen and oxygen atoms in total. The molecule has 7 heteroatoms. The number of hydrogen-bond acceptors (Lipinski definition) is 2. The molecule has 2 fully saturated rings. The van der Waals surface area contributed by atoms with E-state index in [9.17, 15) is 13.2 Å². The van der Waals surface area contributed by atoms with E-state index >= 15 is 0 Å². The SMILES string of the molecule is Cl.FC(F)(F)c1cccc([C@H](C2CCCCC2)N2CCNCC2)c1Cl. The second-order valence-electron chi connectivity index (χ2n) is 6.84. The lowest BCUT2D eigenvalue weighted by atomic mass is 9.79. The molecule has 0 aromatic heterocycles. The summed E-state index contributed by atoms with van der Waals surface area (Å²) in [5, 5.41) is 3.21. The van der Waals surface area contributed by atoms with Gasteiger partial charge in [0.1, 0.15) is 0 Å². The van der Waals surface area contributed by atoms with Gasteiger partial charge in [0, 0.05) is 32.2 Å². The summed E-state index contributed by atoms with van der Waals surface area (Å²) >= 11 is 6.26. The van der Waals surface area contributed by atoms with Crippen LogP contribution in [0.25, 0.3) is 0 Å². The van der Waals surface area contributed by atoms with Crippen molar-refractivity contribution in [2.45, 2.75) is 44.3 Å². The van der Waals surface area contributed by atoms with E-state index < -0.39 is 11.7 Å². The third-order valence-electron chi connectivity index (χ3n) is 5.29. The van der Waals surface area contributed by atoms with Crippen molar-refractivity contribution < 1.29 is 13.2 Å². The minimum absolute atomic E-state index is 0. The van der Waals surface area contributed by atoms with Gasteiger partial charge in [-0.3, -0.25) is 4.90 Å². The fourth-order valence-electron chi connectivity index (χ4n) is 4.16. The number of benzene rings is 1. The van der Waals surface area contributed by atoms with Crippen molar-refractivity contribution in [2.24, 2.45) is 5.92 Å². The van der Waals surface area contributed by atoms with E-state index in [2.05, 4.69) is 10.2 Å². The predicted octanol–water partition coefficient (Wildman–Crippen LogP) is 5.31. The topological polar surface area (TPSA) is 15.3 Å². The van der Waals surface area contributed by atoms with Crippen LogP contribution in [0.15, 0.2) is 18.2 Å². The van der Waals surface area contributed by atoms with Crippen LogP contribution in [-0.4, -0.2) is 31.1 Å². The third-order valence-corrected chi connectivity index (χ3v) is 5.72.